The van der Waals surface area contributed by atoms with Crippen LogP contribution in [0.4, 0.5) is 0 Å². The van der Waals surface area contributed by atoms with Crippen molar-refractivity contribution in [2.75, 3.05) is 7.11 Å². The summed E-state index contributed by atoms with van der Waals surface area (Å²) in [5.41, 5.74) is 2.20. The maximum Gasteiger partial charge on any atom is 0.373 e. The highest BCUT2D eigenvalue weighted by molar-refractivity contribution is 9.10. The van der Waals surface area contributed by atoms with Gasteiger partial charge in [0.05, 0.1) is 23.0 Å². The summed E-state index contributed by atoms with van der Waals surface area (Å²) < 4.78 is 8.43. The monoisotopic (exact) mass is 352 g/mol. The highest BCUT2D eigenvalue weighted by atomic mass is 79.9. The number of hydrogen-bond donors (Lipinski definition) is 0. The lowest BCUT2D eigenvalue weighted by Crippen LogP contribution is -1.99. The van der Waals surface area contributed by atoms with Gasteiger partial charge in [-0.15, -0.1) is 0 Å². The molecule has 1 aromatic carbocycles. The number of benzene rings is 1. The van der Waals surface area contributed by atoms with Crippen LogP contribution in [0.2, 0.25) is 0 Å². The molecule has 0 aliphatic carbocycles. The van der Waals surface area contributed by atoms with E-state index in [2.05, 4.69) is 51.6 Å². The Kier molecular flexibility index (Phi) is 6.85. The zero-order chi connectivity index (χ0) is 15.8. The number of imidazole rings is 1. The highest BCUT2D eigenvalue weighted by Crippen LogP contribution is 2.28. The molecule has 0 saturated heterocycles. The summed E-state index contributed by atoms with van der Waals surface area (Å²) >= 11 is 3.47. The van der Waals surface area contributed by atoms with Gasteiger partial charge in [-0.2, -0.15) is 9.59 Å². The second-order valence-electron chi connectivity index (χ2n) is 4.13. The summed E-state index contributed by atoms with van der Waals surface area (Å²) in [6, 6.07) is 6.08. The number of aromatic nitrogens is 2. The predicted octanol–water partition coefficient (Wildman–Crippen LogP) is 3.18. The molecule has 0 aliphatic rings. The third kappa shape index (κ3) is 4.28. The van der Waals surface area contributed by atoms with Crippen molar-refractivity contribution in [2.45, 2.75) is 26.7 Å². The molecule has 0 spiro atoms. The van der Waals surface area contributed by atoms with E-state index in [4.69, 9.17) is 14.3 Å². The highest BCUT2D eigenvalue weighted by Gasteiger charge is 2.09. The van der Waals surface area contributed by atoms with Gasteiger partial charge in [0.25, 0.3) is 0 Å². The molecule has 0 bridgehead atoms. The van der Waals surface area contributed by atoms with E-state index in [-0.39, 0.29) is 6.15 Å². The average molecular weight is 353 g/mol. The van der Waals surface area contributed by atoms with Crippen LogP contribution in [-0.4, -0.2) is 22.8 Å². The fraction of sp³-hybridized carbons (Fsp3) is 0.333. The standard InChI is InChI=1S/C14H17BrN2O.CO2/c1-4-10-9-17(14(5-2)16-10)11-6-7-12(15)13(8-11)18-3;2-1-3/h6-9H,4-5H2,1-3H3;. The quantitative estimate of drug-likeness (QED) is 0.847. The summed E-state index contributed by atoms with van der Waals surface area (Å²) in [5, 5.41) is 0. The molecule has 2 rings (SSSR count). The van der Waals surface area contributed by atoms with Crippen LogP contribution in [0.25, 0.3) is 5.69 Å². The van der Waals surface area contributed by atoms with Gasteiger partial charge in [-0.3, -0.25) is 0 Å². The van der Waals surface area contributed by atoms with Gasteiger partial charge in [0.1, 0.15) is 11.6 Å². The van der Waals surface area contributed by atoms with Crippen LogP contribution in [-0.2, 0) is 22.4 Å². The fourth-order valence-corrected chi connectivity index (χ4v) is 2.32. The van der Waals surface area contributed by atoms with Gasteiger partial charge in [-0.25, -0.2) is 4.98 Å². The molecule has 1 heterocycles. The van der Waals surface area contributed by atoms with Gasteiger partial charge in [-0.1, -0.05) is 13.8 Å². The zero-order valence-electron chi connectivity index (χ0n) is 12.2. The molecule has 112 valence electrons. The molecule has 0 radical (unpaired) electrons. The van der Waals surface area contributed by atoms with Crippen molar-refractivity contribution < 1.29 is 14.3 Å². The SMILES string of the molecule is CCc1cn(-c2ccc(Br)c(OC)c2)c(CC)n1.O=C=O. The third-order valence-corrected chi connectivity index (χ3v) is 3.58. The minimum atomic E-state index is 0.250. The Morgan fingerprint density at radius 3 is 2.48 bits per heavy atom. The molecule has 0 atom stereocenters. The molecule has 0 fully saturated rings. The van der Waals surface area contributed by atoms with E-state index in [9.17, 15) is 0 Å². The summed E-state index contributed by atoms with van der Waals surface area (Å²) in [4.78, 5) is 20.9. The molecule has 2 aromatic rings. The molecule has 0 aliphatic heterocycles. The topological polar surface area (TPSA) is 61.2 Å². The van der Waals surface area contributed by atoms with Gasteiger partial charge < -0.3 is 9.30 Å². The van der Waals surface area contributed by atoms with Crippen LogP contribution < -0.4 is 4.74 Å². The van der Waals surface area contributed by atoms with E-state index in [1.54, 1.807) is 7.11 Å². The lowest BCUT2D eigenvalue weighted by molar-refractivity contribution is -0.191. The number of ether oxygens (including phenoxy) is 1. The molecule has 1 aromatic heterocycles. The summed E-state index contributed by atoms with van der Waals surface area (Å²) in [6.45, 7) is 4.24. The smallest absolute Gasteiger partial charge is 0.373 e. The largest absolute Gasteiger partial charge is 0.495 e. The van der Waals surface area contributed by atoms with Crippen LogP contribution in [0.15, 0.2) is 28.9 Å². The average Bonchev–Trinajstić information content (AvgIpc) is 2.92. The van der Waals surface area contributed by atoms with E-state index in [0.29, 0.717) is 0 Å². The Morgan fingerprint density at radius 2 is 1.95 bits per heavy atom. The van der Waals surface area contributed by atoms with E-state index >= 15 is 0 Å². The number of methoxy groups -OCH3 is 1. The normalized spacial score (nSPS) is 9.52. The molecule has 21 heavy (non-hydrogen) atoms. The predicted molar refractivity (Wildman–Crippen MR) is 81.6 cm³/mol. The maximum absolute atomic E-state index is 8.12. The van der Waals surface area contributed by atoms with Crippen LogP contribution in [0, 0.1) is 0 Å². The van der Waals surface area contributed by atoms with Gasteiger partial charge in [-0.05, 0) is 34.5 Å². The summed E-state index contributed by atoms with van der Waals surface area (Å²) in [6.07, 6.45) is 4.22. The van der Waals surface area contributed by atoms with Crippen molar-refractivity contribution in [3.05, 3.63) is 40.4 Å². The fourth-order valence-electron chi connectivity index (χ4n) is 1.91. The van der Waals surface area contributed by atoms with Crippen LogP contribution in [0.1, 0.15) is 25.4 Å². The minimum Gasteiger partial charge on any atom is -0.495 e. The van der Waals surface area contributed by atoms with E-state index in [1.165, 1.54) is 0 Å². The van der Waals surface area contributed by atoms with Gasteiger partial charge in [0.2, 0.25) is 0 Å². The Labute approximate surface area is 132 Å². The zero-order valence-corrected chi connectivity index (χ0v) is 13.8. The first-order chi connectivity index (χ1) is 10.1. The van der Waals surface area contributed by atoms with Gasteiger partial charge >= 0.3 is 6.15 Å². The van der Waals surface area contributed by atoms with Crippen molar-refractivity contribution in [2.24, 2.45) is 0 Å². The number of rotatable bonds is 4. The van der Waals surface area contributed by atoms with Crippen molar-refractivity contribution in [3.63, 3.8) is 0 Å². The Hall–Kier alpha value is -1.91. The van der Waals surface area contributed by atoms with Gasteiger partial charge in [0, 0.05) is 18.7 Å². The Balaban J connectivity index is 0.000000677. The summed E-state index contributed by atoms with van der Waals surface area (Å²) in [5.74, 6) is 1.91. The summed E-state index contributed by atoms with van der Waals surface area (Å²) in [7, 11) is 1.68. The van der Waals surface area contributed by atoms with Crippen LogP contribution in [0.3, 0.4) is 0 Å². The van der Waals surface area contributed by atoms with E-state index in [1.807, 2.05) is 12.1 Å². The van der Waals surface area contributed by atoms with Crippen molar-refractivity contribution in [1.29, 1.82) is 0 Å². The molecule has 0 N–H and O–H groups in total. The van der Waals surface area contributed by atoms with E-state index < -0.39 is 0 Å². The molecule has 0 saturated carbocycles. The van der Waals surface area contributed by atoms with Crippen LogP contribution >= 0.6 is 15.9 Å². The van der Waals surface area contributed by atoms with Gasteiger partial charge in [0.15, 0.2) is 0 Å². The number of aryl methyl sites for hydroxylation is 2. The first-order valence-electron chi connectivity index (χ1n) is 6.51. The molecule has 0 amide bonds. The number of carbonyl (C=O) groups excluding carboxylic acids is 2. The van der Waals surface area contributed by atoms with E-state index in [0.717, 1.165) is 40.3 Å². The van der Waals surface area contributed by atoms with Crippen molar-refractivity contribution >= 4 is 22.1 Å². The number of hydrogen-bond acceptors (Lipinski definition) is 4. The lowest BCUT2D eigenvalue weighted by Gasteiger charge is -2.09. The number of nitrogens with zero attached hydrogens (tertiary/aromatic N) is 2. The molecular weight excluding hydrogens is 336 g/mol. The molecule has 0 unspecified atom stereocenters. The first-order valence-corrected chi connectivity index (χ1v) is 7.30. The Bertz CT molecular complexity index is 632. The number of halogens is 1. The van der Waals surface area contributed by atoms with Crippen LogP contribution in [0.5, 0.6) is 5.75 Å². The molecule has 5 nitrogen and oxygen atoms in total. The van der Waals surface area contributed by atoms with Crippen molar-refractivity contribution in [1.82, 2.24) is 9.55 Å². The Morgan fingerprint density at radius 1 is 1.29 bits per heavy atom. The maximum atomic E-state index is 8.12. The minimum absolute atomic E-state index is 0.250. The lowest BCUT2D eigenvalue weighted by atomic mass is 10.3. The molecule has 6 heteroatoms. The second kappa shape index (κ2) is 8.39. The molecular formula is C15H17BrN2O3. The first kappa shape index (κ1) is 17.1. The van der Waals surface area contributed by atoms with Crippen molar-refractivity contribution in [3.8, 4) is 11.4 Å². The third-order valence-electron chi connectivity index (χ3n) is 2.92. The second-order valence-corrected chi connectivity index (χ2v) is 4.98.